The molecule has 0 bridgehead atoms. The SMILES string of the molecule is C=CC(S)N1CCCC1. The van der Waals surface area contributed by atoms with E-state index in [1.807, 2.05) is 6.08 Å². The van der Waals surface area contributed by atoms with Crippen LogP contribution in [0.2, 0.25) is 0 Å². The Bertz CT molecular complexity index is 97.1. The van der Waals surface area contributed by atoms with Crippen molar-refractivity contribution < 1.29 is 0 Å². The molecule has 1 aliphatic rings. The van der Waals surface area contributed by atoms with Crippen LogP contribution in [0.25, 0.3) is 0 Å². The minimum absolute atomic E-state index is 0.285. The van der Waals surface area contributed by atoms with Gasteiger partial charge in [-0.15, -0.1) is 6.58 Å². The maximum Gasteiger partial charge on any atom is 0.0711 e. The van der Waals surface area contributed by atoms with Gasteiger partial charge in [-0.25, -0.2) is 0 Å². The van der Waals surface area contributed by atoms with E-state index in [4.69, 9.17) is 0 Å². The second-order valence-corrected chi connectivity index (χ2v) is 2.92. The van der Waals surface area contributed by atoms with E-state index in [1.54, 1.807) is 0 Å². The Morgan fingerprint density at radius 3 is 2.44 bits per heavy atom. The largest absolute Gasteiger partial charge is 0.288 e. The Morgan fingerprint density at radius 2 is 2.00 bits per heavy atom. The first-order chi connectivity index (χ1) is 4.34. The van der Waals surface area contributed by atoms with Gasteiger partial charge in [-0.1, -0.05) is 6.08 Å². The maximum absolute atomic E-state index is 4.33. The molecule has 52 valence electrons. The third-order valence-corrected chi connectivity index (χ3v) is 2.26. The van der Waals surface area contributed by atoms with E-state index in [0.717, 1.165) is 0 Å². The Balaban J connectivity index is 2.32. The van der Waals surface area contributed by atoms with Crippen molar-refractivity contribution in [1.29, 1.82) is 0 Å². The van der Waals surface area contributed by atoms with Crippen LogP contribution < -0.4 is 0 Å². The van der Waals surface area contributed by atoms with Crippen molar-refractivity contribution in [2.24, 2.45) is 0 Å². The van der Waals surface area contributed by atoms with E-state index in [-0.39, 0.29) is 5.37 Å². The molecular weight excluding hydrogens is 130 g/mol. The zero-order valence-corrected chi connectivity index (χ0v) is 6.48. The number of hydrogen-bond acceptors (Lipinski definition) is 2. The smallest absolute Gasteiger partial charge is 0.0711 e. The topological polar surface area (TPSA) is 3.24 Å². The highest BCUT2D eigenvalue weighted by molar-refractivity contribution is 7.81. The molecule has 0 N–H and O–H groups in total. The summed E-state index contributed by atoms with van der Waals surface area (Å²) in [5.41, 5.74) is 0. The highest BCUT2D eigenvalue weighted by atomic mass is 32.1. The summed E-state index contributed by atoms with van der Waals surface area (Å²) in [5.74, 6) is 0. The molecule has 0 aromatic rings. The summed E-state index contributed by atoms with van der Waals surface area (Å²) >= 11 is 4.33. The first-order valence-corrected chi connectivity index (χ1v) is 3.91. The van der Waals surface area contributed by atoms with Gasteiger partial charge in [-0.05, 0) is 25.9 Å². The Morgan fingerprint density at radius 1 is 1.44 bits per heavy atom. The van der Waals surface area contributed by atoms with Crippen LogP contribution in [0.3, 0.4) is 0 Å². The number of nitrogens with zero attached hydrogens (tertiary/aromatic N) is 1. The molecule has 2 heteroatoms. The van der Waals surface area contributed by atoms with Crippen LogP contribution >= 0.6 is 12.6 Å². The van der Waals surface area contributed by atoms with Crippen LogP contribution in [0.15, 0.2) is 12.7 Å². The second kappa shape index (κ2) is 3.28. The number of rotatable bonds is 2. The van der Waals surface area contributed by atoms with E-state index < -0.39 is 0 Å². The first kappa shape index (κ1) is 7.16. The molecule has 1 saturated heterocycles. The van der Waals surface area contributed by atoms with Gasteiger partial charge in [0.05, 0.1) is 5.37 Å². The average Bonchev–Trinajstić information content (AvgIpc) is 2.37. The Hall–Kier alpha value is 0.0500. The van der Waals surface area contributed by atoms with Gasteiger partial charge in [0.15, 0.2) is 0 Å². The van der Waals surface area contributed by atoms with Gasteiger partial charge in [-0.2, -0.15) is 12.6 Å². The van der Waals surface area contributed by atoms with E-state index >= 15 is 0 Å². The quantitative estimate of drug-likeness (QED) is 0.453. The molecule has 1 unspecified atom stereocenters. The fourth-order valence-electron chi connectivity index (χ4n) is 1.16. The van der Waals surface area contributed by atoms with E-state index in [2.05, 4.69) is 24.1 Å². The van der Waals surface area contributed by atoms with Gasteiger partial charge in [0.25, 0.3) is 0 Å². The molecule has 9 heavy (non-hydrogen) atoms. The van der Waals surface area contributed by atoms with Gasteiger partial charge >= 0.3 is 0 Å². The molecule has 1 rings (SSSR count). The van der Waals surface area contributed by atoms with Gasteiger partial charge in [0.2, 0.25) is 0 Å². The van der Waals surface area contributed by atoms with Crippen LogP contribution in [0, 0.1) is 0 Å². The highest BCUT2D eigenvalue weighted by Gasteiger charge is 2.15. The lowest BCUT2D eigenvalue weighted by Gasteiger charge is -2.18. The second-order valence-electron chi connectivity index (χ2n) is 2.39. The maximum atomic E-state index is 4.33. The van der Waals surface area contributed by atoms with Crippen molar-refractivity contribution in [3.05, 3.63) is 12.7 Å². The molecule has 0 aromatic carbocycles. The van der Waals surface area contributed by atoms with Gasteiger partial charge in [0, 0.05) is 0 Å². The summed E-state index contributed by atoms with van der Waals surface area (Å²) < 4.78 is 0. The minimum Gasteiger partial charge on any atom is -0.288 e. The molecule has 1 fully saturated rings. The highest BCUT2D eigenvalue weighted by Crippen LogP contribution is 2.13. The Labute approximate surface area is 62.1 Å². The number of hydrogen-bond donors (Lipinski definition) is 1. The molecule has 0 amide bonds. The molecular formula is C7H13NS. The standard InChI is InChI=1S/C7H13NS/c1-2-7(9)8-5-3-4-6-8/h2,7,9H,1,3-6H2. The van der Waals surface area contributed by atoms with E-state index in [9.17, 15) is 0 Å². The van der Waals surface area contributed by atoms with Crippen molar-refractivity contribution in [3.8, 4) is 0 Å². The van der Waals surface area contributed by atoms with Crippen molar-refractivity contribution in [3.63, 3.8) is 0 Å². The van der Waals surface area contributed by atoms with Gasteiger partial charge in [0.1, 0.15) is 0 Å². The molecule has 1 heterocycles. The molecule has 0 radical (unpaired) electrons. The summed E-state index contributed by atoms with van der Waals surface area (Å²) in [5, 5.41) is 0.285. The molecule has 0 spiro atoms. The lowest BCUT2D eigenvalue weighted by molar-refractivity contribution is 0.355. The monoisotopic (exact) mass is 143 g/mol. The van der Waals surface area contributed by atoms with Crippen LogP contribution in [0.1, 0.15) is 12.8 Å². The van der Waals surface area contributed by atoms with Crippen LogP contribution in [-0.4, -0.2) is 23.4 Å². The predicted molar refractivity (Wildman–Crippen MR) is 43.8 cm³/mol. The summed E-state index contributed by atoms with van der Waals surface area (Å²) in [6.45, 7) is 6.08. The molecule has 1 aliphatic heterocycles. The van der Waals surface area contributed by atoms with E-state index in [0.29, 0.717) is 0 Å². The summed E-state index contributed by atoms with van der Waals surface area (Å²) in [6, 6.07) is 0. The first-order valence-electron chi connectivity index (χ1n) is 3.39. The van der Waals surface area contributed by atoms with Crippen LogP contribution in [-0.2, 0) is 0 Å². The molecule has 1 atom stereocenters. The van der Waals surface area contributed by atoms with Crippen molar-refractivity contribution in [2.45, 2.75) is 18.2 Å². The zero-order chi connectivity index (χ0) is 6.69. The molecule has 0 aromatic heterocycles. The average molecular weight is 143 g/mol. The zero-order valence-electron chi connectivity index (χ0n) is 5.58. The number of thiol groups is 1. The van der Waals surface area contributed by atoms with Crippen molar-refractivity contribution in [1.82, 2.24) is 4.90 Å². The normalized spacial score (nSPS) is 24.1. The summed E-state index contributed by atoms with van der Waals surface area (Å²) in [4.78, 5) is 2.33. The fraction of sp³-hybridized carbons (Fsp3) is 0.714. The molecule has 0 saturated carbocycles. The minimum atomic E-state index is 0.285. The Kier molecular flexibility index (Phi) is 2.61. The van der Waals surface area contributed by atoms with Gasteiger partial charge in [-0.3, -0.25) is 4.90 Å². The summed E-state index contributed by atoms with van der Waals surface area (Å²) in [7, 11) is 0. The molecule has 1 nitrogen and oxygen atoms in total. The molecule has 0 aliphatic carbocycles. The summed E-state index contributed by atoms with van der Waals surface area (Å²) in [6.07, 6.45) is 4.53. The lowest BCUT2D eigenvalue weighted by Crippen LogP contribution is -2.25. The van der Waals surface area contributed by atoms with Crippen LogP contribution in [0.4, 0.5) is 0 Å². The third kappa shape index (κ3) is 1.73. The van der Waals surface area contributed by atoms with E-state index in [1.165, 1.54) is 25.9 Å². The van der Waals surface area contributed by atoms with Gasteiger partial charge < -0.3 is 0 Å². The van der Waals surface area contributed by atoms with Crippen molar-refractivity contribution in [2.75, 3.05) is 13.1 Å². The van der Waals surface area contributed by atoms with Crippen LogP contribution in [0.5, 0.6) is 0 Å². The number of likely N-dealkylation sites (tertiary alicyclic amines) is 1. The fourth-order valence-corrected chi connectivity index (χ4v) is 1.39. The predicted octanol–water partition coefficient (Wildman–Crippen LogP) is 1.52. The third-order valence-electron chi connectivity index (χ3n) is 1.73. The van der Waals surface area contributed by atoms with Crippen molar-refractivity contribution >= 4 is 12.6 Å². The lowest BCUT2D eigenvalue weighted by atomic mass is 10.4.